The molecule has 0 fully saturated rings. The van der Waals surface area contributed by atoms with Gasteiger partial charge in [0.2, 0.25) is 0 Å². The first-order chi connectivity index (χ1) is 13.3. The van der Waals surface area contributed by atoms with Crippen LogP contribution in [0, 0.1) is 0 Å². The molecular weight excluding hydrogens is 350 g/mol. The van der Waals surface area contributed by atoms with Gasteiger partial charge < -0.3 is 4.90 Å². The van der Waals surface area contributed by atoms with Crippen molar-refractivity contribution in [1.29, 1.82) is 0 Å². The van der Waals surface area contributed by atoms with Gasteiger partial charge in [0, 0.05) is 16.3 Å². The average Bonchev–Trinajstić information content (AvgIpc) is 2.72. The fourth-order valence-corrected chi connectivity index (χ4v) is 4.33. The zero-order valence-electron chi connectivity index (χ0n) is 15.4. The minimum atomic E-state index is 0.987. The fraction of sp³-hybridized carbons (Fsp3) is 0.174. The van der Waals surface area contributed by atoms with Crippen molar-refractivity contribution in [2.75, 3.05) is 16.9 Å². The van der Waals surface area contributed by atoms with Crippen molar-refractivity contribution >= 4 is 35.0 Å². The van der Waals surface area contributed by atoms with E-state index >= 15 is 0 Å². The number of fused-ring (bicyclic) bond motifs is 2. The van der Waals surface area contributed by atoms with E-state index in [2.05, 4.69) is 64.8 Å². The summed E-state index contributed by atoms with van der Waals surface area (Å²) >= 11 is 1.84. The second-order valence-corrected chi connectivity index (χ2v) is 7.62. The molecule has 3 aromatic rings. The van der Waals surface area contributed by atoms with Gasteiger partial charge in [-0.1, -0.05) is 61.5 Å². The van der Waals surface area contributed by atoms with Crippen molar-refractivity contribution in [2.45, 2.75) is 29.6 Å². The Kier molecular flexibility index (Phi) is 5.45. The minimum absolute atomic E-state index is 0.987. The summed E-state index contributed by atoms with van der Waals surface area (Å²) < 4.78 is 0. The van der Waals surface area contributed by atoms with E-state index in [9.17, 15) is 0 Å². The maximum Gasteiger partial charge on any atom is 0.0561 e. The quantitative estimate of drug-likeness (QED) is 0.393. The van der Waals surface area contributed by atoms with Crippen LogP contribution in [0.25, 0.3) is 0 Å². The number of unbranched alkanes of at least 4 members (excludes halogenated alkanes) is 1. The van der Waals surface area contributed by atoms with Gasteiger partial charge in [0.15, 0.2) is 0 Å². The lowest BCUT2D eigenvalue weighted by atomic mass is 10.1. The summed E-state index contributed by atoms with van der Waals surface area (Å²) in [5, 5.41) is 4.38. The third-order valence-corrected chi connectivity index (χ3v) is 5.68. The van der Waals surface area contributed by atoms with Crippen LogP contribution < -0.4 is 10.3 Å². The van der Waals surface area contributed by atoms with E-state index in [1.54, 1.807) is 0 Å². The number of nitrogens with zero attached hydrogens (tertiary/aromatic N) is 2. The van der Waals surface area contributed by atoms with Crippen LogP contribution in [0.1, 0.15) is 25.3 Å². The van der Waals surface area contributed by atoms with E-state index in [-0.39, 0.29) is 0 Å². The van der Waals surface area contributed by atoms with Crippen molar-refractivity contribution in [1.82, 2.24) is 0 Å². The van der Waals surface area contributed by atoms with Gasteiger partial charge in [0.1, 0.15) is 0 Å². The third-order valence-electron chi connectivity index (χ3n) is 4.57. The lowest BCUT2D eigenvalue weighted by Crippen LogP contribution is -2.21. The Labute approximate surface area is 165 Å². The van der Waals surface area contributed by atoms with Gasteiger partial charge >= 0.3 is 0 Å². The Morgan fingerprint density at radius 2 is 1.70 bits per heavy atom. The Bertz CT molecular complexity index is 937. The van der Waals surface area contributed by atoms with Crippen molar-refractivity contribution < 1.29 is 0 Å². The molecule has 0 spiro atoms. The third kappa shape index (κ3) is 4.01. The van der Waals surface area contributed by atoms with Gasteiger partial charge in [0.25, 0.3) is 0 Å². The molecule has 1 aliphatic heterocycles. The molecule has 1 aliphatic rings. The summed E-state index contributed by atoms with van der Waals surface area (Å²) in [5.41, 5.74) is 7.77. The summed E-state index contributed by atoms with van der Waals surface area (Å²) in [6.07, 6.45) is 4.25. The first kappa shape index (κ1) is 17.7. The van der Waals surface area contributed by atoms with E-state index < -0.39 is 0 Å². The topological polar surface area (TPSA) is 27.6 Å². The van der Waals surface area contributed by atoms with Gasteiger partial charge in [-0.05, 0) is 48.4 Å². The molecule has 0 saturated carbocycles. The molecule has 136 valence electrons. The largest absolute Gasteiger partial charge is 0.340 e. The average molecular weight is 374 g/mol. The molecule has 1 N–H and O–H groups in total. The summed E-state index contributed by atoms with van der Waals surface area (Å²) in [7, 11) is 0. The van der Waals surface area contributed by atoms with Crippen LogP contribution in [-0.4, -0.2) is 12.8 Å². The molecule has 4 heteroatoms. The number of benzene rings is 3. The molecule has 4 rings (SSSR count). The number of anilines is 3. The number of nitrogens with one attached hydrogen (secondary N) is 1. The highest BCUT2D eigenvalue weighted by molar-refractivity contribution is 7.99. The normalized spacial score (nSPS) is 12.7. The van der Waals surface area contributed by atoms with E-state index in [4.69, 9.17) is 0 Å². The highest BCUT2D eigenvalue weighted by Gasteiger charge is 2.22. The molecule has 0 saturated heterocycles. The maximum atomic E-state index is 4.38. The smallest absolute Gasteiger partial charge is 0.0561 e. The second kappa shape index (κ2) is 8.31. The maximum absolute atomic E-state index is 4.38. The molecule has 0 radical (unpaired) electrons. The number of hydrogen-bond donors (Lipinski definition) is 1. The summed E-state index contributed by atoms with van der Waals surface area (Å²) in [5.74, 6) is 0. The standard InChI is InChI=1S/C23H23N3S/c1-2-3-15-26-20-11-7-8-12-22(20)27-23-16-18(13-14-21(23)26)17-24-25-19-9-5-4-6-10-19/h4-14,16-17,25H,2-3,15H2,1H3/b24-17+. The number of rotatable bonds is 6. The van der Waals surface area contributed by atoms with Crippen LogP contribution in [0.2, 0.25) is 0 Å². The summed E-state index contributed by atoms with van der Waals surface area (Å²) in [6.45, 7) is 3.29. The Balaban J connectivity index is 1.58. The van der Waals surface area contributed by atoms with Crippen LogP contribution >= 0.6 is 11.8 Å². The van der Waals surface area contributed by atoms with Crippen LogP contribution in [0.15, 0.2) is 87.7 Å². The van der Waals surface area contributed by atoms with Crippen LogP contribution in [0.3, 0.4) is 0 Å². The zero-order valence-corrected chi connectivity index (χ0v) is 16.2. The Morgan fingerprint density at radius 1 is 0.926 bits per heavy atom. The number of para-hydroxylation sites is 2. The Hall–Kier alpha value is -2.72. The lowest BCUT2D eigenvalue weighted by molar-refractivity contribution is 0.777. The van der Waals surface area contributed by atoms with Crippen LogP contribution in [0.4, 0.5) is 17.1 Å². The van der Waals surface area contributed by atoms with Crippen molar-refractivity contribution in [3.63, 3.8) is 0 Å². The molecule has 0 amide bonds. The molecule has 0 bridgehead atoms. The SMILES string of the molecule is CCCCN1c2ccccc2Sc2cc(/C=N/Nc3ccccc3)ccc21. The molecule has 27 heavy (non-hydrogen) atoms. The highest BCUT2D eigenvalue weighted by Crippen LogP contribution is 2.48. The molecule has 0 aromatic heterocycles. The van der Waals surface area contributed by atoms with Crippen molar-refractivity contribution in [3.8, 4) is 0 Å². The zero-order chi connectivity index (χ0) is 18.5. The van der Waals surface area contributed by atoms with Crippen molar-refractivity contribution in [3.05, 3.63) is 78.4 Å². The minimum Gasteiger partial charge on any atom is -0.340 e. The van der Waals surface area contributed by atoms with Crippen LogP contribution in [0.5, 0.6) is 0 Å². The predicted octanol–water partition coefficient (Wildman–Crippen LogP) is 6.54. The summed E-state index contributed by atoms with van der Waals surface area (Å²) in [6, 6.07) is 25.3. The molecule has 3 aromatic carbocycles. The number of hydrazone groups is 1. The predicted molar refractivity (Wildman–Crippen MR) is 117 cm³/mol. The summed E-state index contributed by atoms with van der Waals surface area (Å²) in [4.78, 5) is 5.06. The molecule has 3 nitrogen and oxygen atoms in total. The van der Waals surface area contributed by atoms with E-state index in [0.717, 1.165) is 17.8 Å². The van der Waals surface area contributed by atoms with Crippen LogP contribution in [-0.2, 0) is 0 Å². The number of hydrogen-bond acceptors (Lipinski definition) is 4. The molecule has 1 heterocycles. The lowest BCUT2D eigenvalue weighted by Gasteiger charge is -2.33. The Morgan fingerprint density at radius 3 is 2.56 bits per heavy atom. The fourth-order valence-electron chi connectivity index (χ4n) is 3.18. The molecule has 0 atom stereocenters. The molecular formula is C23H23N3S. The monoisotopic (exact) mass is 373 g/mol. The van der Waals surface area contributed by atoms with Gasteiger partial charge in [0.05, 0.1) is 23.3 Å². The van der Waals surface area contributed by atoms with Gasteiger partial charge in [-0.25, -0.2) is 0 Å². The van der Waals surface area contributed by atoms with Crippen molar-refractivity contribution in [2.24, 2.45) is 5.10 Å². The van der Waals surface area contributed by atoms with E-state index in [0.29, 0.717) is 0 Å². The van der Waals surface area contributed by atoms with Gasteiger partial charge in [-0.3, -0.25) is 5.43 Å². The second-order valence-electron chi connectivity index (χ2n) is 6.54. The molecule has 0 aliphatic carbocycles. The first-order valence-corrected chi connectivity index (χ1v) is 10.2. The highest BCUT2D eigenvalue weighted by atomic mass is 32.2. The van der Waals surface area contributed by atoms with E-state index in [1.165, 1.54) is 34.0 Å². The molecule has 0 unspecified atom stereocenters. The van der Waals surface area contributed by atoms with E-state index in [1.807, 2.05) is 48.3 Å². The van der Waals surface area contributed by atoms with Gasteiger partial charge in [-0.2, -0.15) is 5.10 Å². The van der Waals surface area contributed by atoms with Gasteiger partial charge in [-0.15, -0.1) is 0 Å². The first-order valence-electron chi connectivity index (χ1n) is 9.38.